The second-order valence-corrected chi connectivity index (χ2v) is 11.7. The Kier molecular flexibility index (Phi) is 8.25. The van der Waals surface area contributed by atoms with Crippen LogP contribution in [0.25, 0.3) is 16.6 Å². The SMILES string of the molecule is Cn1c(=O)n(-c2ccc(C[C@H](NC(=O)c3ccc(NS(=O)(=O)c4cc[n+](O)cc4)cc3F)C(=O)O)cc2)c(=O)c2cc[n+]([O-])cc21. The van der Waals surface area contributed by atoms with Crippen molar-refractivity contribution in [3.63, 3.8) is 0 Å². The zero-order valence-corrected chi connectivity index (χ0v) is 24.5. The van der Waals surface area contributed by atoms with Crippen LogP contribution in [0.3, 0.4) is 0 Å². The topological polar surface area (TPSA) is 208 Å². The number of aryl methyl sites for hydroxylation is 1. The van der Waals surface area contributed by atoms with Gasteiger partial charge in [-0.3, -0.25) is 24.1 Å². The molecule has 0 fully saturated rings. The van der Waals surface area contributed by atoms with E-state index < -0.39 is 50.6 Å². The summed E-state index contributed by atoms with van der Waals surface area (Å²) in [4.78, 5) is 50.6. The lowest BCUT2D eigenvalue weighted by atomic mass is 10.0. The first-order valence-corrected chi connectivity index (χ1v) is 14.7. The predicted octanol–water partition coefficient (Wildman–Crippen LogP) is 0.213. The fourth-order valence-corrected chi connectivity index (χ4v) is 5.65. The number of carboxylic acids is 1. The molecule has 17 heteroatoms. The number of carbonyl (C=O) groups is 2. The molecule has 15 nitrogen and oxygen atoms in total. The molecule has 3 aromatic heterocycles. The van der Waals surface area contributed by atoms with E-state index in [1.807, 2.05) is 0 Å². The molecule has 0 aliphatic rings. The van der Waals surface area contributed by atoms with Gasteiger partial charge in [-0.05, 0) is 35.9 Å². The minimum Gasteiger partial charge on any atom is -0.619 e. The Hall–Kier alpha value is -6.10. The fourth-order valence-electron chi connectivity index (χ4n) is 4.62. The molecule has 3 heterocycles. The van der Waals surface area contributed by atoms with E-state index in [9.17, 15) is 47.5 Å². The summed E-state index contributed by atoms with van der Waals surface area (Å²) < 4.78 is 45.2. The normalized spacial score (nSPS) is 12.0. The lowest BCUT2D eigenvalue weighted by molar-refractivity contribution is -0.905. The van der Waals surface area contributed by atoms with Crippen LogP contribution in [-0.4, -0.2) is 45.8 Å². The summed E-state index contributed by atoms with van der Waals surface area (Å²) in [5, 5.41) is 33.0. The average molecular weight is 652 g/mol. The lowest BCUT2D eigenvalue weighted by Gasteiger charge is -2.16. The highest BCUT2D eigenvalue weighted by Gasteiger charge is 2.24. The van der Waals surface area contributed by atoms with Crippen LogP contribution in [0.2, 0.25) is 0 Å². The molecule has 5 rings (SSSR count). The predicted molar refractivity (Wildman–Crippen MR) is 157 cm³/mol. The summed E-state index contributed by atoms with van der Waals surface area (Å²) in [6.45, 7) is 0. The fraction of sp³-hybridized carbons (Fsp3) is 0.103. The molecule has 0 bridgehead atoms. The molecule has 0 aliphatic carbocycles. The van der Waals surface area contributed by atoms with Crippen molar-refractivity contribution in [2.24, 2.45) is 7.05 Å². The molecule has 0 saturated carbocycles. The highest BCUT2D eigenvalue weighted by Crippen LogP contribution is 2.19. The Morgan fingerprint density at radius 1 is 1.02 bits per heavy atom. The summed E-state index contributed by atoms with van der Waals surface area (Å²) >= 11 is 0. The second-order valence-electron chi connectivity index (χ2n) is 10.0. The van der Waals surface area contributed by atoms with E-state index >= 15 is 0 Å². The molecule has 2 aromatic carbocycles. The summed E-state index contributed by atoms with van der Waals surface area (Å²) in [5.41, 5.74) is -1.42. The zero-order valence-electron chi connectivity index (χ0n) is 23.7. The maximum Gasteiger partial charge on any atom is 0.336 e. The van der Waals surface area contributed by atoms with Gasteiger partial charge >= 0.3 is 11.7 Å². The molecule has 46 heavy (non-hydrogen) atoms. The van der Waals surface area contributed by atoms with Crippen molar-refractivity contribution in [3.8, 4) is 5.69 Å². The molecule has 4 N–H and O–H groups in total. The highest BCUT2D eigenvalue weighted by molar-refractivity contribution is 7.92. The van der Waals surface area contributed by atoms with Gasteiger partial charge in [0.15, 0.2) is 6.20 Å². The van der Waals surface area contributed by atoms with Crippen molar-refractivity contribution in [3.05, 3.63) is 128 Å². The number of nitrogens with one attached hydrogen (secondary N) is 2. The third-order valence-electron chi connectivity index (χ3n) is 6.98. The highest BCUT2D eigenvalue weighted by atomic mass is 32.2. The number of benzene rings is 2. The number of anilines is 1. The molecule has 1 atom stereocenters. The van der Waals surface area contributed by atoms with E-state index in [0.29, 0.717) is 15.0 Å². The van der Waals surface area contributed by atoms with Crippen LogP contribution < -0.4 is 30.7 Å². The molecule has 0 saturated heterocycles. The number of amides is 1. The first kappa shape index (κ1) is 31.3. The van der Waals surface area contributed by atoms with Gasteiger partial charge in [0.05, 0.1) is 27.2 Å². The van der Waals surface area contributed by atoms with Crippen molar-refractivity contribution >= 4 is 38.5 Å². The van der Waals surface area contributed by atoms with Crippen molar-refractivity contribution < 1.29 is 42.2 Å². The number of pyridine rings is 2. The van der Waals surface area contributed by atoms with Crippen LogP contribution in [0.1, 0.15) is 15.9 Å². The number of sulfonamides is 1. The van der Waals surface area contributed by atoms with Crippen LogP contribution >= 0.6 is 0 Å². The largest absolute Gasteiger partial charge is 0.619 e. The van der Waals surface area contributed by atoms with Gasteiger partial charge in [0.1, 0.15) is 17.4 Å². The monoisotopic (exact) mass is 651 g/mol. The number of rotatable bonds is 9. The van der Waals surface area contributed by atoms with E-state index in [1.54, 1.807) is 0 Å². The van der Waals surface area contributed by atoms with E-state index in [2.05, 4.69) is 10.0 Å². The van der Waals surface area contributed by atoms with Gasteiger partial charge in [0.2, 0.25) is 18.6 Å². The van der Waals surface area contributed by atoms with Crippen LogP contribution in [0, 0.1) is 11.0 Å². The minimum absolute atomic E-state index is 0.126. The van der Waals surface area contributed by atoms with Crippen molar-refractivity contribution in [2.45, 2.75) is 17.4 Å². The van der Waals surface area contributed by atoms with Gasteiger partial charge in [-0.25, -0.2) is 27.0 Å². The maximum absolute atomic E-state index is 14.9. The number of halogens is 1. The molecule has 5 aromatic rings. The van der Waals surface area contributed by atoms with Crippen LogP contribution in [-0.2, 0) is 28.3 Å². The maximum atomic E-state index is 14.9. The number of aromatic nitrogens is 4. The average Bonchev–Trinajstić information content (AvgIpc) is 3.00. The van der Waals surface area contributed by atoms with Gasteiger partial charge in [-0.2, -0.15) is 4.73 Å². The first-order valence-electron chi connectivity index (χ1n) is 13.3. The van der Waals surface area contributed by atoms with Crippen LogP contribution in [0.5, 0.6) is 0 Å². The van der Waals surface area contributed by atoms with Crippen molar-refractivity contribution in [1.82, 2.24) is 14.5 Å². The van der Waals surface area contributed by atoms with E-state index in [4.69, 9.17) is 0 Å². The van der Waals surface area contributed by atoms with Gasteiger partial charge in [-0.1, -0.05) is 12.1 Å². The molecule has 236 valence electrons. The molecule has 0 radical (unpaired) electrons. The number of carbonyl (C=O) groups excluding carboxylic acids is 1. The third kappa shape index (κ3) is 6.25. The smallest absolute Gasteiger partial charge is 0.336 e. The number of carboxylic acid groups (broad SMARTS) is 1. The summed E-state index contributed by atoms with van der Waals surface area (Å²) in [6.07, 6.45) is 4.14. The number of nitrogens with zero attached hydrogens (tertiary/aromatic N) is 4. The van der Waals surface area contributed by atoms with E-state index in [1.165, 1.54) is 37.4 Å². The van der Waals surface area contributed by atoms with Gasteiger partial charge in [-0.15, -0.1) is 0 Å². The number of fused-ring (bicyclic) bond motifs is 1. The Morgan fingerprint density at radius 2 is 1.70 bits per heavy atom. The quantitative estimate of drug-likeness (QED) is 0.0975. The lowest BCUT2D eigenvalue weighted by Crippen LogP contribution is -2.42. The standard InChI is InChI=1S/C29H23FN6O9S/c1-33-25-16-35(43)13-10-22(25)27(38)36(29(33)41)19-5-2-17(3-6-19)14-24(28(39)40)31-26(37)21-7-4-18(15-23(21)30)32-46(44,45)20-8-11-34(42)12-9-20/h2-13,15-16,24H,14H2,1H3,(H3-,31,32,37,39,40,42)/p+1/t24-/m0/s1. The number of aliphatic carboxylic acids is 1. The van der Waals surface area contributed by atoms with E-state index in [0.717, 1.165) is 64.3 Å². The molecule has 0 aliphatic heterocycles. The Labute approximate surface area is 258 Å². The molecular formula is C29H24FN6O9S+. The first-order chi connectivity index (χ1) is 21.7. The van der Waals surface area contributed by atoms with Gasteiger partial charge in [0, 0.05) is 36.4 Å². The summed E-state index contributed by atoms with van der Waals surface area (Å²) in [5.74, 6) is -3.62. The molecular weight excluding hydrogens is 627 g/mol. The second kappa shape index (κ2) is 12.1. The Balaban J connectivity index is 1.32. The zero-order chi connectivity index (χ0) is 33.3. The van der Waals surface area contributed by atoms with Gasteiger partial charge < -0.3 is 15.6 Å². The number of hydrogen-bond donors (Lipinski definition) is 4. The van der Waals surface area contributed by atoms with E-state index in [-0.39, 0.29) is 33.6 Å². The summed E-state index contributed by atoms with van der Waals surface area (Å²) in [6, 6.07) is 10.6. The molecule has 0 spiro atoms. The molecule has 1 amide bonds. The van der Waals surface area contributed by atoms with Crippen molar-refractivity contribution in [1.29, 1.82) is 0 Å². The van der Waals surface area contributed by atoms with Gasteiger partial charge in [0.25, 0.3) is 21.5 Å². The van der Waals surface area contributed by atoms with Crippen LogP contribution in [0.15, 0.2) is 99.9 Å². The summed E-state index contributed by atoms with van der Waals surface area (Å²) in [7, 11) is -2.75. The van der Waals surface area contributed by atoms with Crippen LogP contribution in [0.4, 0.5) is 10.1 Å². The Bertz CT molecular complexity index is 2240. The minimum atomic E-state index is -4.15. The Morgan fingerprint density at radius 3 is 2.33 bits per heavy atom. The van der Waals surface area contributed by atoms with Crippen molar-refractivity contribution in [2.75, 3.05) is 4.72 Å². The third-order valence-corrected chi connectivity index (χ3v) is 8.38. The molecule has 0 unspecified atom stereocenters. The number of hydrogen-bond acceptors (Lipinski definition) is 8.